The maximum absolute atomic E-state index is 13.1. The lowest BCUT2D eigenvalue weighted by atomic mass is 10.2. The molecule has 9 heteroatoms. The first kappa shape index (κ1) is 14.7. The number of hydrogen-bond acceptors (Lipinski definition) is 2. The van der Waals surface area contributed by atoms with Crippen molar-refractivity contribution in [3.8, 4) is 5.69 Å². The molecule has 20 heavy (non-hydrogen) atoms. The number of primary amides is 1. The zero-order chi connectivity index (χ0) is 15.1. The molecule has 0 spiro atoms. The quantitative estimate of drug-likeness (QED) is 0.921. The third-order valence-corrected chi connectivity index (χ3v) is 3.06. The minimum Gasteiger partial charge on any atom is -0.364 e. The zero-order valence-corrected chi connectivity index (χ0v) is 11.1. The van der Waals surface area contributed by atoms with Crippen LogP contribution >= 0.6 is 23.2 Å². The highest BCUT2D eigenvalue weighted by Crippen LogP contribution is 2.37. The lowest BCUT2D eigenvalue weighted by Gasteiger charge is -2.14. The SMILES string of the molecule is NC(=O)c1ncn(-c2c(Cl)cccc2Cl)c1C(F)(F)F. The van der Waals surface area contributed by atoms with E-state index >= 15 is 0 Å². The molecule has 0 bridgehead atoms. The van der Waals surface area contributed by atoms with Crippen LogP contribution < -0.4 is 5.73 Å². The summed E-state index contributed by atoms with van der Waals surface area (Å²) in [5, 5.41) is -0.0344. The summed E-state index contributed by atoms with van der Waals surface area (Å²) >= 11 is 11.7. The maximum Gasteiger partial charge on any atom is 0.434 e. The van der Waals surface area contributed by atoms with Gasteiger partial charge in [-0.3, -0.25) is 9.36 Å². The van der Waals surface area contributed by atoms with E-state index in [1.54, 1.807) is 0 Å². The van der Waals surface area contributed by atoms with Gasteiger partial charge in [-0.15, -0.1) is 0 Å². The molecule has 0 saturated carbocycles. The third-order valence-electron chi connectivity index (χ3n) is 2.45. The van der Waals surface area contributed by atoms with E-state index in [2.05, 4.69) is 4.98 Å². The molecule has 106 valence electrons. The Kier molecular flexibility index (Phi) is 3.66. The molecular formula is C11H6Cl2F3N3O. The summed E-state index contributed by atoms with van der Waals surface area (Å²) in [6.07, 6.45) is -4.04. The lowest BCUT2D eigenvalue weighted by Crippen LogP contribution is -2.21. The molecule has 0 aliphatic rings. The van der Waals surface area contributed by atoms with Crippen molar-refractivity contribution in [2.45, 2.75) is 6.18 Å². The van der Waals surface area contributed by atoms with Gasteiger partial charge in [0.2, 0.25) is 0 Å². The molecule has 4 nitrogen and oxygen atoms in total. The molecule has 1 aromatic carbocycles. The molecule has 0 atom stereocenters. The minimum absolute atomic E-state index is 0.0172. The number of alkyl halides is 3. The Labute approximate surface area is 120 Å². The van der Waals surface area contributed by atoms with Crippen LogP contribution in [0.3, 0.4) is 0 Å². The first-order valence-corrected chi connectivity index (χ1v) is 5.87. The first-order valence-electron chi connectivity index (χ1n) is 5.12. The fourth-order valence-corrected chi connectivity index (χ4v) is 2.27. The summed E-state index contributed by atoms with van der Waals surface area (Å²) in [5.74, 6) is -1.29. The topological polar surface area (TPSA) is 60.9 Å². The predicted molar refractivity (Wildman–Crippen MR) is 67.1 cm³/mol. The maximum atomic E-state index is 13.1. The van der Waals surface area contributed by atoms with Crippen molar-refractivity contribution >= 4 is 29.1 Å². The number of nitrogens with two attached hydrogens (primary N) is 1. The van der Waals surface area contributed by atoms with Crippen LogP contribution in [0.4, 0.5) is 13.2 Å². The van der Waals surface area contributed by atoms with Gasteiger partial charge < -0.3 is 5.73 Å². The van der Waals surface area contributed by atoms with Gasteiger partial charge in [0.1, 0.15) is 6.33 Å². The van der Waals surface area contributed by atoms with Gasteiger partial charge >= 0.3 is 6.18 Å². The number of carbonyl (C=O) groups is 1. The smallest absolute Gasteiger partial charge is 0.364 e. The van der Waals surface area contributed by atoms with Gasteiger partial charge in [-0.25, -0.2) is 4.98 Å². The number of imidazole rings is 1. The van der Waals surface area contributed by atoms with Crippen molar-refractivity contribution in [3.05, 3.63) is 46.0 Å². The Balaban J connectivity index is 2.80. The molecule has 2 N–H and O–H groups in total. The highest BCUT2D eigenvalue weighted by Gasteiger charge is 2.40. The molecule has 1 amide bonds. The van der Waals surface area contributed by atoms with Gasteiger partial charge in [0.05, 0.1) is 15.7 Å². The van der Waals surface area contributed by atoms with Crippen molar-refractivity contribution in [2.24, 2.45) is 5.73 Å². The molecule has 1 heterocycles. The van der Waals surface area contributed by atoms with Crippen LogP contribution in [0.1, 0.15) is 16.2 Å². The zero-order valence-electron chi connectivity index (χ0n) is 9.58. The van der Waals surface area contributed by atoms with Crippen molar-refractivity contribution in [1.29, 1.82) is 0 Å². The van der Waals surface area contributed by atoms with Gasteiger partial charge in [-0.2, -0.15) is 13.2 Å². The molecular weight excluding hydrogens is 318 g/mol. The second kappa shape index (κ2) is 4.99. The number of para-hydroxylation sites is 1. The van der Waals surface area contributed by atoms with Crippen molar-refractivity contribution in [1.82, 2.24) is 9.55 Å². The van der Waals surface area contributed by atoms with Crippen LogP contribution in [0.25, 0.3) is 5.69 Å². The van der Waals surface area contributed by atoms with E-state index in [1.165, 1.54) is 18.2 Å². The Bertz CT molecular complexity index is 662. The monoisotopic (exact) mass is 323 g/mol. The van der Waals surface area contributed by atoms with E-state index in [-0.39, 0.29) is 15.7 Å². The highest BCUT2D eigenvalue weighted by molar-refractivity contribution is 6.37. The van der Waals surface area contributed by atoms with Gasteiger partial charge in [0, 0.05) is 0 Å². The van der Waals surface area contributed by atoms with E-state index in [1.807, 2.05) is 0 Å². The summed E-state index contributed by atoms with van der Waals surface area (Å²) in [6, 6.07) is 4.22. The third kappa shape index (κ3) is 2.46. The molecule has 0 saturated heterocycles. The van der Waals surface area contributed by atoms with Crippen molar-refractivity contribution < 1.29 is 18.0 Å². The summed E-state index contributed by atoms with van der Waals surface area (Å²) in [6.45, 7) is 0. The molecule has 2 rings (SSSR count). The number of benzene rings is 1. The standard InChI is InChI=1S/C11H6Cl2F3N3O/c12-5-2-1-3-6(13)8(5)19-4-18-7(10(17)20)9(19)11(14,15)16/h1-4H,(H2,17,20). The summed E-state index contributed by atoms with van der Waals surface area (Å²) in [5.41, 5.74) is 2.56. The van der Waals surface area contributed by atoms with Gasteiger partial charge in [0.25, 0.3) is 5.91 Å². The number of nitrogens with zero attached hydrogens (tertiary/aromatic N) is 2. The molecule has 1 aromatic heterocycles. The van der Waals surface area contributed by atoms with E-state index in [9.17, 15) is 18.0 Å². The average molecular weight is 324 g/mol. The number of hydrogen-bond donors (Lipinski definition) is 1. The van der Waals surface area contributed by atoms with Crippen LogP contribution in [0.15, 0.2) is 24.5 Å². The van der Waals surface area contributed by atoms with Crippen LogP contribution in [0.2, 0.25) is 10.0 Å². The van der Waals surface area contributed by atoms with Gasteiger partial charge in [0.15, 0.2) is 11.4 Å². The fourth-order valence-electron chi connectivity index (χ4n) is 1.69. The Morgan fingerprint density at radius 3 is 2.25 bits per heavy atom. The van der Waals surface area contributed by atoms with Crippen LogP contribution in [0.5, 0.6) is 0 Å². The van der Waals surface area contributed by atoms with Crippen LogP contribution in [-0.2, 0) is 6.18 Å². The number of carbonyl (C=O) groups excluding carboxylic acids is 1. The van der Waals surface area contributed by atoms with E-state index in [4.69, 9.17) is 28.9 Å². The van der Waals surface area contributed by atoms with E-state index < -0.39 is 23.5 Å². The predicted octanol–water partition coefficient (Wildman–Crippen LogP) is 3.30. The van der Waals surface area contributed by atoms with E-state index in [0.29, 0.717) is 4.57 Å². The number of aromatic nitrogens is 2. The summed E-state index contributed by atoms with van der Waals surface area (Å²) in [4.78, 5) is 14.5. The molecule has 0 radical (unpaired) electrons. The van der Waals surface area contributed by atoms with Crippen LogP contribution in [-0.4, -0.2) is 15.5 Å². The second-order valence-corrected chi connectivity index (χ2v) is 4.56. The average Bonchev–Trinajstić information content (AvgIpc) is 2.73. The van der Waals surface area contributed by atoms with Gasteiger partial charge in [-0.05, 0) is 12.1 Å². The summed E-state index contributed by atoms with van der Waals surface area (Å²) < 4.78 is 39.9. The number of rotatable bonds is 2. The van der Waals surface area contributed by atoms with Crippen LogP contribution in [0, 0.1) is 0 Å². The largest absolute Gasteiger partial charge is 0.434 e. The van der Waals surface area contributed by atoms with Crippen molar-refractivity contribution in [2.75, 3.05) is 0 Å². The lowest BCUT2D eigenvalue weighted by molar-refractivity contribution is -0.142. The fraction of sp³-hybridized carbons (Fsp3) is 0.0909. The molecule has 2 aromatic rings. The molecule has 0 unspecified atom stereocenters. The molecule has 0 fully saturated rings. The Hall–Kier alpha value is -1.73. The molecule has 0 aliphatic carbocycles. The van der Waals surface area contributed by atoms with E-state index in [0.717, 1.165) is 6.33 Å². The minimum atomic E-state index is -4.84. The summed E-state index contributed by atoms with van der Waals surface area (Å²) in [7, 11) is 0. The normalized spacial score (nSPS) is 11.7. The van der Waals surface area contributed by atoms with Gasteiger partial charge in [-0.1, -0.05) is 29.3 Å². The Morgan fingerprint density at radius 2 is 1.80 bits per heavy atom. The Morgan fingerprint density at radius 1 is 1.25 bits per heavy atom. The van der Waals surface area contributed by atoms with Crippen molar-refractivity contribution in [3.63, 3.8) is 0 Å². The molecule has 0 aliphatic heterocycles. The second-order valence-electron chi connectivity index (χ2n) is 3.74. The first-order chi connectivity index (χ1) is 9.23. The highest BCUT2D eigenvalue weighted by atomic mass is 35.5. The number of amides is 1. The number of halogens is 5.